The molecule has 0 aromatic heterocycles. The van der Waals surface area contributed by atoms with Crippen molar-refractivity contribution in [3.8, 4) is 0 Å². The van der Waals surface area contributed by atoms with Crippen LogP contribution in [-0.4, -0.2) is 48.3 Å². The van der Waals surface area contributed by atoms with Gasteiger partial charge in [0, 0.05) is 13.1 Å². The third kappa shape index (κ3) is 2.96. The summed E-state index contributed by atoms with van der Waals surface area (Å²) in [6.07, 6.45) is -0.260. The molecule has 4 heteroatoms. The van der Waals surface area contributed by atoms with Crippen molar-refractivity contribution >= 4 is 5.91 Å². The number of carbonyl (C=O) groups is 1. The lowest BCUT2D eigenvalue weighted by Crippen LogP contribution is -2.52. The van der Waals surface area contributed by atoms with Crippen LogP contribution in [0.1, 0.15) is 19.4 Å². The molecular weight excluding hydrogens is 242 g/mol. The summed E-state index contributed by atoms with van der Waals surface area (Å²) < 4.78 is 5.38. The van der Waals surface area contributed by atoms with Gasteiger partial charge in [0.2, 0.25) is 5.91 Å². The van der Waals surface area contributed by atoms with Crippen molar-refractivity contribution in [1.82, 2.24) is 4.90 Å². The second kappa shape index (κ2) is 5.72. The Hall–Kier alpha value is -1.39. The smallest absolute Gasteiger partial charge is 0.232 e. The number of aliphatic hydroxyl groups excluding tert-OH is 1. The standard InChI is InChI=1S/C15H21NO3/c1-15(2,12-6-4-3-5-7-12)14(18)16-8-9-19-13(10-16)11-17/h3-7,13,17H,8-11H2,1-2H3. The van der Waals surface area contributed by atoms with E-state index in [1.54, 1.807) is 4.90 Å². The molecule has 1 amide bonds. The third-order valence-electron chi connectivity index (χ3n) is 3.66. The molecule has 1 N–H and O–H groups in total. The van der Waals surface area contributed by atoms with Crippen molar-refractivity contribution < 1.29 is 14.6 Å². The van der Waals surface area contributed by atoms with E-state index in [2.05, 4.69) is 0 Å². The predicted octanol–water partition coefficient (Wildman–Crippen LogP) is 1.18. The van der Waals surface area contributed by atoms with E-state index in [1.165, 1.54) is 0 Å². The largest absolute Gasteiger partial charge is 0.394 e. The van der Waals surface area contributed by atoms with Crippen LogP contribution >= 0.6 is 0 Å². The van der Waals surface area contributed by atoms with Crippen LogP contribution in [-0.2, 0) is 14.9 Å². The van der Waals surface area contributed by atoms with E-state index in [9.17, 15) is 4.79 Å². The molecule has 19 heavy (non-hydrogen) atoms. The summed E-state index contributed by atoms with van der Waals surface area (Å²) in [5, 5.41) is 9.15. The zero-order valence-corrected chi connectivity index (χ0v) is 11.5. The van der Waals surface area contributed by atoms with Gasteiger partial charge in [-0.05, 0) is 19.4 Å². The number of hydrogen-bond donors (Lipinski definition) is 1. The van der Waals surface area contributed by atoms with Gasteiger partial charge in [-0.2, -0.15) is 0 Å². The van der Waals surface area contributed by atoms with Gasteiger partial charge in [-0.25, -0.2) is 0 Å². The Morgan fingerprint density at radius 3 is 2.74 bits per heavy atom. The van der Waals surface area contributed by atoms with Crippen LogP contribution in [0.2, 0.25) is 0 Å². The number of nitrogens with zero attached hydrogens (tertiary/aromatic N) is 1. The van der Waals surface area contributed by atoms with Crippen LogP contribution in [0.15, 0.2) is 30.3 Å². The molecule has 1 saturated heterocycles. The molecule has 1 aromatic carbocycles. The highest BCUT2D eigenvalue weighted by atomic mass is 16.5. The maximum atomic E-state index is 12.7. The molecule has 1 aliphatic heterocycles. The number of amides is 1. The van der Waals surface area contributed by atoms with E-state index in [4.69, 9.17) is 9.84 Å². The summed E-state index contributed by atoms with van der Waals surface area (Å²) in [5.74, 6) is 0.0838. The summed E-state index contributed by atoms with van der Waals surface area (Å²) >= 11 is 0. The van der Waals surface area contributed by atoms with Crippen LogP contribution in [0, 0.1) is 0 Å². The number of rotatable bonds is 3. The van der Waals surface area contributed by atoms with Crippen LogP contribution in [0.5, 0.6) is 0 Å². The second-order valence-corrected chi connectivity index (χ2v) is 5.42. The highest BCUT2D eigenvalue weighted by molar-refractivity contribution is 5.87. The van der Waals surface area contributed by atoms with Gasteiger partial charge in [-0.1, -0.05) is 30.3 Å². The Kier molecular flexibility index (Phi) is 4.22. The van der Waals surface area contributed by atoms with Crippen LogP contribution < -0.4 is 0 Å². The van der Waals surface area contributed by atoms with Gasteiger partial charge in [0.15, 0.2) is 0 Å². The van der Waals surface area contributed by atoms with Crippen molar-refractivity contribution in [1.29, 1.82) is 0 Å². The summed E-state index contributed by atoms with van der Waals surface area (Å²) in [4.78, 5) is 14.5. The molecule has 0 spiro atoms. The van der Waals surface area contributed by atoms with E-state index in [0.29, 0.717) is 19.7 Å². The minimum Gasteiger partial charge on any atom is -0.394 e. The molecule has 104 valence electrons. The number of carbonyl (C=O) groups excluding carboxylic acids is 1. The molecule has 0 radical (unpaired) electrons. The van der Waals surface area contributed by atoms with E-state index < -0.39 is 5.41 Å². The molecule has 1 heterocycles. The van der Waals surface area contributed by atoms with Gasteiger partial charge in [-0.3, -0.25) is 4.79 Å². The molecular formula is C15H21NO3. The minimum absolute atomic E-state index is 0.0461. The Bertz CT molecular complexity index is 430. The Balaban J connectivity index is 2.14. The molecule has 1 unspecified atom stereocenters. The average molecular weight is 263 g/mol. The van der Waals surface area contributed by atoms with E-state index >= 15 is 0 Å². The molecule has 0 bridgehead atoms. The number of aliphatic hydroxyl groups is 1. The summed E-state index contributed by atoms with van der Waals surface area (Å²) in [5.41, 5.74) is 0.450. The molecule has 1 atom stereocenters. The Morgan fingerprint density at radius 2 is 2.11 bits per heavy atom. The molecule has 0 saturated carbocycles. The van der Waals surface area contributed by atoms with Gasteiger partial charge in [0.25, 0.3) is 0 Å². The monoisotopic (exact) mass is 263 g/mol. The molecule has 1 aliphatic rings. The van der Waals surface area contributed by atoms with Crippen molar-refractivity contribution in [2.75, 3.05) is 26.3 Å². The normalized spacial score (nSPS) is 20.4. The van der Waals surface area contributed by atoms with E-state index in [0.717, 1.165) is 5.56 Å². The fourth-order valence-electron chi connectivity index (χ4n) is 2.39. The fraction of sp³-hybridized carbons (Fsp3) is 0.533. The fourth-order valence-corrected chi connectivity index (χ4v) is 2.39. The highest BCUT2D eigenvalue weighted by Gasteiger charge is 2.35. The van der Waals surface area contributed by atoms with Crippen molar-refractivity contribution in [3.63, 3.8) is 0 Å². The van der Waals surface area contributed by atoms with Crippen molar-refractivity contribution in [3.05, 3.63) is 35.9 Å². The SMILES string of the molecule is CC(C)(C(=O)N1CCOC(CO)C1)c1ccccc1. The van der Waals surface area contributed by atoms with Crippen LogP contribution in [0.3, 0.4) is 0 Å². The number of morpholine rings is 1. The van der Waals surface area contributed by atoms with Gasteiger partial charge in [0.1, 0.15) is 0 Å². The average Bonchev–Trinajstić information content (AvgIpc) is 2.47. The van der Waals surface area contributed by atoms with E-state index in [-0.39, 0.29) is 18.6 Å². The maximum absolute atomic E-state index is 12.7. The lowest BCUT2D eigenvalue weighted by atomic mass is 9.83. The quantitative estimate of drug-likeness (QED) is 0.891. The third-order valence-corrected chi connectivity index (χ3v) is 3.66. The van der Waals surface area contributed by atoms with Crippen LogP contribution in [0.25, 0.3) is 0 Å². The number of ether oxygens (including phenoxy) is 1. The maximum Gasteiger partial charge on any atom is 0.232 e. The Morgan fingerprint density at radius 1 is 1.42 bits per heavy atom. The first-order chi connectivity index (χ1) is 9.05. The highest BCUT2D eigenvalue weighted by Crippen LogP contribution is 2.26. The summed E-state index contributed by atoms with van der Waals surface area (Å²) in [6, 6.07) is 9.78. The van der Waals surface area contributed by atoms with Crippen LogP contribution in [0.4, 0.5) is 0 Å². The minimum atomic E-state index is -0.557. The topological polar surface area (TPSA) is 49.8 Å². The zero-order chi connectivity index (χ0) is 13.9. The second-order valence-electron chi connectivity index (χ2n) is 5.42. The lowest BCUT2D eigenvalue weighted by molar-refractivity contribution is -0.145. The molecule has 1 aromatic rings. The van der Waals surface area contributed by atoms with Gasteiger partial charge >= 0.3 is 0 Å². The van der Waals surface area contributed by atoms with E-state index in [1.807, 2.05) is 44.2 Å². The molecule has 0 aliphatic carbocycles. The molecule has 2 rings (SSSR count). The predicted molar refractivity (Wildman–Crippen MR) is 72.9 cm³/mol. The van der Waals surface area contributed by atoms with Crippen molar-refractivity contribution in [2.45, 2.75) is 25.4 Å². The zero-order valence-electron chi connectivity index (χ0n) is 11.5. The summed E-state index contributed by atoms with van der Waals surface area (Å²) in [7, 11) is 0. The first-order valence-corrected chi connectivity index (χ1v) is 6.63. The Labute approximate surface area is 114 Å². The lowest BCUT2D eigenvalue weighted by Gasteiger charge is -2.37. The van der Waals surface area contributed by atoms with Gasteiger partial charge in [-0.15, -0.1) is 0 Å². The summed E-state index contributed by atoms with van der Waals surface area (Å²) in [6.45, 7) is 5.37. The van der Waals surface area contributed by atoms with Gasteiger partial charge in [0.05, 0.1) is 24.7 Å². The first kappa shape index (κ1) is 14.0. The first-order valence-electron chi connectivity index (χ1n) is 6.63. The number of benzene rings is 1. The number of hydrogen-bond acceptors (Lipinski definition) is 3. The molecule has 1 fully saturated rings. The molecule has 4 nitrogen and oxygen atoms in total. The van der Waals surface area contributed by atoms with Crippen molar-refractivity contribution in [2.24, 2.45) is 0 Å². The van der Waals surface area contributed by atoms with Gasteiger partial charge < -0.3 is 14.7 Å².